The van der Waals surface area contributed by atoms with Crippen LogP contribution in [0.15, 0.2) is 0 Å². The predicted octanol–water partition coefficient (Wildman–Crippen LogP) is -0.298. The van der Waals surface area contributed by atoms with Gasteiger partial charge in [-0.05, 0) is 6.92 Å². The molecule has 1 fully saturated rings. The van der Waals surface area contributed by atoms with Crippen LogP contribution in [-0.4, -0.2) is 36.8 Å². The van der Waals surface area contributed by atoms with Gasteiger partial charge in [0.2, 0.25) is 0 Å². The maximum Gasteiger partial charge on any atom is 0.172 e. The Balaban J connectivity index is 2.63. The van der Waals surface area contributed by atoms with Crippen LogP contribution in [0.5, 0.6) is 0 Å². The van der Waals surface area contributed by atoms with Gasteiger partial charge in [-0.1, -0.05) is 6.92 Å². The van der Waals surface area contributed by atoms with E-state index < -0.39 is 12.4 Å². The summed E-state index contributed by atoms with van der Waals surface area (Å²) in [7, 11) is 1.56. The maximum atomic E-state index is 9.57. The van der Waals surface area contributed by atoms with Crippen LogP contribution in [0.25, 0.3) is 0 Å². The fourth-order valence-electron chi connectivity index (χ4n) is 1.50. The van der Waals surface area contributed by atoms with E-state index in [-0.39, 0.29) is 18.1 Å². The highest BCUT2D eigenvalue weighted by molar-refractivity contribution is 4.87. The van der Waals surface area contributed by atoms with Crippen LogP contribution in [0.4, 0.5) is 0 Å². The van der Waals surface area contributed by atoms with E-state index in [1.807, 2.05) is 13.8 Å². The molecule has 0 radical (unpaired) electrons. The summed E-state index contributed by atoms with van der Waals surface area (Å²) < 4.78 is 10.4. The number of methoxy groups -OCH3 is 1. The Kier molecular flexibility index (Phi) is 3.06. The lowest BCUT2D eigenvalue weighted by molar-refractivity contribution is -0.231. The van der Waals surface area contributed by atoms with Gasteiger partial charge >= 0.3 is 0 Å². The summed E-state index contributed by atoms with van der Waals surface area (Å²) in [5.41, 5.74) is 5.78. The largest absolute Gasteiger partial charge is 0.390 e. The summed E-state index contributed by atoms with van der Waals surface area (Å²) in [6.45, 7) is 3.72. The number of aliphatic hydroxyl groups excluding tert-OH is 1. The molecular formula is C8H17NO3. The van der Waals surface area contributed by atoms with Gasteiger partial charge in [-0.2, -0.15) is 0 Å². The van der Waals surface area contributed by atoms with E-state index in [0.717, 1.165) is 0 Å². The van der Waals surface area contributed by atoms with Crippen LogP contribution in [0.3, 0.4) is 0 Å². The number of hydrogen-bond acceptors (Lipinski definition) is 4. The Morgan fingerprint density at radius 1 is 1.42 bits per heavy atom. The molecule has 4 heteroatoms. The highest BCUT2D eigenvalue weighted by atomic mass is 16.7. The van der Waals surface area contributed by atoms with Crippen molar-refractivity contribution in [2.24, 2.45) is 11.7 Å². The first kappa shape index (κ1) is 9.92. The molecule has 4 nitrogen and oxygen atoms in total. The van der Waals surface area contributed by atoms with Crippen molar-refractivity contribution in [2.75, 3.05) is 7.11 Å². The van der Waals surface area contributed by atoms with Crippen LogP contribution in [0.2, 0.25) is 0 Å². The maximum absolute atomic E-state index is 9.57. The topological polar surface area (TPSA) is 64.7 Å². The minimum absolute atomic E-state index is 0.0127. The summed E-state index contributed by atoms with van der Waals surface area (Å²) in [5, 5.41) is 9.57. The molecule has 0 aliphatic carbocycles. The van der Waals surface area contributed by atoms with Crippen molar-refractivity contribution in [2.45, 2.75) is 38.4 Å². The summed E-state index contributed by atoms with van der Waals surface area (Å²) in [6.07, 6.45) is -1.09. The second-order valence-electron chi connectivity index (χ2n) is 3.37. The van der Waals surface area contributed by atoms with Crippen molar-refractivity contribution in [3.63, 3.8) is 0 Å². The zero-order valence-corrected chi connectivity index (χ0v) is 7.73. The van der Waals surface area contributed by atoms with Gasteiger partial charge in [0.05, 0.1) is 18.2 Å². The van der Waals surface area contributed by atoms with Crippen LogP contribution in [0, 0.1) is 5.92 Å². The molecule has 0 aromatic heterocycles. The standard InChI is InChI=1S/C8H17NO3/c1-4-6(9)8(11-3)12-5(2)7(4)10/h4-8,10H,9H2,1-3H3/t4-,5-,6-,7-,8+/m0/s1. The molecule has 0 saturated carbocycles. The van der Waals surface area contributed by atoms with Crippen molar-refractivity contribution < 1.29 is 14.6 Å². The van der Waals surface area contributed by atoms with E-state index in [2.05, 4.69) is 0 Å². The first-order valence-corrected chi connectivity index (χ1v) is 4.19. The second-order valence-corrected chi connectivity index (χ2v) is 3.37. The smallest absolute Gasteiger partial charge is 0.172 e. The van der Waals surface area contributed by atoms with Gasteiger partial charge < -0.3 is 20.3 Å². The van der Waals surface area contributed by atoms with E-state index in [1.54, 1.807) is 7.11 Å². The second kappa shape index (κ2) is 3.70. The van der Waals surface area contributed by atoms with Gasteiger partial charge in [-0.25, -0.2) is 0 Å². The summed E-state index contributed by atoms with van der Waals surface area (Å²) in [6, 6.07) is -0.249. The van der Waals surface area contributed by atoms with Crippen LogP contribution in [-0.2, 0) is 9.47 Å². The van der Waals surface area contributed by atoms with Crippen LogP contribution < -0.4 is 5.73 Å². The number of nitrogens with two attached hydrogens (primary N) is 1. The molecule has 1 saturated heterocycles. The fraction of sp³-hybridized carbons (Fsp3) is 1.00. The molecule has 3 N–H and O–H groups in total. The van der Waals surface area contributed by atoms with E-state index in [0.29, 0.717) is 0 Å². The van der Waals surface area contributed by atoms with Gasteiger partial charge in [0.1, 0.15) is 0 Å². The first-order chi connectivity index (χ1) is 5.57. The van der Waals surface area contributed by atoms with Crippen LogP contribution in [0.1, 0.15) is 13.8 Å². The molecule has 0 bridgehead atoms. The average molecular weight is 175 g/mol. The molecule has 1 aliphatic rings. The minimum atomic E-state index is -0.494. The monoisotopic (exact) mass is 175 g/mol. The molecule has 0 amide bonds. The third kappa shape index (κ3) is 1.61. The van der Waals surface area contributed by atoms with Crippen molar-refractivity contribution in [1.82, 2.24) is 0 Å². The number of ether oxygens (including phenoxy) is 2. The van der Waals surface area contributed by atoms with Gasteiger partial charge in [-0.3, -0.25) is 0 Å². The fourth-order valence-corrected chi connectivity index (χ4v) is 1.50. The van der Waals surface area contributed by atoms with Crippen molar-refractivity contribution in [3.8, 4) is 0 Å². The normalized spacial score (nSPS) is 49.2. The Labute approximate surface area is 72.6 Å². The lowest BCUT2D eigenvalue weighted by atomic mass is 9.90. The van der Waals surface area contributed by atoms with E-state index >= 15 is 0 Å². The van der Waals surface area contributed by atoms with Gasteiger partial charge in [0, 0.05) is 13.0 Å². The van der Waals surface area contributed by atoms with Crippen LogP contribution >= 0.6 is 0 Å². The summed E-state index contributed by atoms with van der Waals surface area (Å²) >= 11 is 0. The number of hydrogen-bond donors (Lipinski definition) is 2. The predicted molar refractivity (Wildman–Crippen MR) is 44.5 cm³/mol. The molecule has 0 aromatic rings. The highest BCUT2D eigenvalue weighted by Crippen LogP contribution is 2.24. The number of rotatable bonds is 1. The highest BCUT2D eigenvalue weighted by Gasteiger charge is 2.38. The Bertz CT molecular complexity index is 148. The van der Waals surface area contributed by atoms with E-state index in [9.17, 15) is 5.11 Å². The lowest BCUT2D eigenvalue weighted by Crippen LogP contribution is -2.56. The van der Waals surface area contributed by atoms with Gasteiger partial charge in [0.15, 0.2) is 6.29 Å². The number of aliphatic hydroxyl groups is 1. The molecule has 0 unspecified atom stereocenters. The van der Waals surface area contributed by atoms with E-state index in [4.69, 9.17) is 15.2 Å². The minimum Gasteiger partial charge on any atom is -0.390 e. The average Bonchev–Trinajstić information content (AvgIpc) is 2.08. The molecule has 72 valence electrons. The van der Waals surface area contributed by atoms with E-state index in [1.165, 1.54) is 0 Å². The van der Waals surface area contributed by atoms with Crippen molar-refractivity contribution >= 4 is 0 Å². The summed E-state index contributed by atoms with van der Waals surface area (Å²) in [4.78, 5) is 0. The molecule has 0 aromatic carbocycles. The SMILES string of the molecule is CO[C@@H]1O[C@@H](C)[C@@H](O)[C@@H](C)[C@@H]1N. The third-order valence-electron chi connectivity index (χ3n) is 2.52. The quantitative estimate of drug-likeness (QED) is 0.574. The van der Waals surface area contributed by atoms with Crippen molar-refractivity contribution in [1.29, 1.82) is 0 Å². The zero-order valence-electron chi connectivity index (χ0n) is 7.73. The molecule has 5 atom stereocenters. The molecule has 12 heavy (non-hydrogen) atoms. The molecule has 0 spiro atoms. The Hall–Kier alpha value is -0.160. The van der Waals surface area contributed by atoms with Gasteiger partial charge in [-0.15, -0.1) is 0 Å². The van der Waals surface area contributed by atoms with Crippen molar-refractivity contribution in [3.05, 3.63) is 0 Å². The zero-order chi connectivity index (χ0) is 9.30. The van der Waals surface area contributed by atoms with Gasteiger partial charge in [0.25, 0.3) is 0 Å². The molecular weight excluding hydrogens is 158 g/mol. The Morgan fingerprint density at radius 2 is 2.00 bits per heavy atom. The third-order valence-corrected chi connectivity index (χ3v) is 2.52. The molecule has 1 aliphatic heterocycles. The Morgan fingerprint density at radius 3 is 2.50 bits per heavy atom. The molecule has 1 heterocycles. The lowest BCUT2D eigenvalue weighted by Gasteiger charge is -2.40. The summed E-state index contributed by atoms with van der Waals surface area (Å²) in [5.74, 6) is 0.0127. The first-order valence-electron chi connectivity index (χ1n) is 4.19. The molecule has 1 rings (SSSR count).